The first-order chi connectivity index (χ1) is 11.6. The number of fused-ring (bicyclic) bond motifs is 1. The Labute approximate surface area is 151 Å². The molecule has 0 aromatic heterocycles. The molecule has 1 heterocycles. The van der Waals surface area contributed by atoms with Crippen molar-refractivity contribution in [1.29, 1.82) is 0 Å². The molecule has 1 aliphatic rings. The van der Waals surface area contributed by atoms with Crippen LogP contribution < -0.4 is 4.74 Å². The Morgan fingerprint density at radius 2 is 1.68 bits per heavy atom. The fourth-order valence-corrected chi connectivity index (χ4v) is 3.41. The van der Waals surface area contributed by atoms with Crippen LogP contribution in [0.4, 0.5) is 0 Å². The van der Waals surface area contributed by atoms with Crippen LogP contribution in [0.5, 0.6) is 5.75 Å². The molecule has 0 saturated heterocycles. The van der Waals surface area contributed by atoms with E-state index in [2.05, 4.69) is 78.8 Å². The molecular weight excluding hydrogens is 308 g/mol. The second kappa shape index (κ2) is 6.01. The minimum absolute atomic E-state index is 0.0258. The van der Waals surface area contributed by atoms with Gasteiger partial charge in [0.15, 0.2) is 0 Å². The second-order valence-corrected chi connectivity index (χ2v) is 8.59. The summed E-state index contributed by atoms with van der Waals surface area (Å²) in [5.41, 5.74) is 6.88. The van der Waals surface area contributed by atoms with Gasteiger partial charge in [0.1, 0.15) is 11.7 Å². The van der Waals surface area contributed by atoms with E-state index >= 15 is 0 Å². The van der Waals surface area contributed by atoms with E-state index in [-0.39, 0.29) is 17.3 Å². The van der Waals surface area contributed by atoms with Crippen molar-refractivity contribution in [3.8, 4) is 5.75 Å². The maximum absolute atomic E-state index is 12.7. The van der Waals surface area contributed by atoms with Crippen LogP contribution in [0.1, 0.15) is 79.8 Å². The molecule has 0 bridgehead atoms. The number of aryl methyl sites for hydroxylation is 2. The molecule has 0 saturated carbocycles. The van der Waals surface area contributed by atoms with Crippen LogP contribution in [0.2, 0.25) is 0 Å². The summed E-state index contributed by atoms with van der Waals surface area (Å²) in [6.45, 7) is 15.1. The summed E-state index contributed by atoms with van der Waals surface area (Å²) >= 11 is 0. The van der Waals surface area contributed by atoms with Crippen LogP contribution in [0.3, 0.4) is 0 Å². The lowest BCUT2D eigenvalue weighted by Crippen LogP contribution is -2.14. The first-order valence-electron chi connectivity index (χ1n) is 9.06. The lowest BCUT2D eigenvalue weighted by Gasteiger charge is -2.23. The van der Waals surface area contributed by atoms with E-state index < -0.39 is 0 Å². The molecule has 0 spiro atoms. The predicted molar refractivity (Wildman–Crippen MR) is 103 cm³/mol. The summed E-state index contributed by atoms with van der Waals surface area (Å²) in [6, 6.07) is 10.6. The zero-order valence-electron chi connectivity index (χ0n) is 16.4. The van der Waals surface area contributed by atoms with Gasteiger partial charge >= 0.3 is 5.97 Å². The molecule has 2 aromatic rings. The van der Waals surface area contributed by atoms with Crippen molar-refractivity contribution in [3.63, 3.8) is 0 Å². The number of hydrogen-bond donors (Lipinski definition) is 0. The van der Waals surface area contributed by atoms with Gasteiger partial charge in [0, 0.05) is 5.56 Å². The van der Waals surface area contributed by atoms with E-state index in [9.17, 15) is 4.79 Å². The molecule has 0 amide bonds. The third-order valence-corrected chi connectivity index (χ3v) is 5.25. The molecule has 1 aliphatic heterocycles. The van der Waals surface area contributed by atoms with Crippen molar-refractivity contribution in [3.05, 3.63) is 63.7 Å². The Morgan fingerprint density at radius 1 is 1.00 bits per heavy atom. The van der Waals surface area contributed by atoms with Gasteiger partial charge in [0.2, 0.25) is 0 Å². The lowest BCUT2D eigenvalue weighted by atomic mass is 9.80. The summed E-state index contributed by atoms with van der Waals surface area (Å²) in [7, 11) is 0. The Bertz CT molecular complexity index is 838. The Morgan fingerprint density at radius 3 is 2.24 bits per heavy atom. The summed E-state index contributed by atoms with van der Waals surface area (Å²) < 4.78 is 5.77. The molecule has 2 heteroatoms. The van der Waals surface area contributed by atoms with E-state index in [1.54, 1.807) is 0 Å². The SMILES string of the molecule is Cc1ccc(C2C(=O)Oc3c(C(C)C)cc(C(C)(C)C)cc32)cc1C. The standard InChI is InChI=1S/C23H28O2/c1-13(2)18-11-17(23(5,6)7)12-19-20(22(24)25-21(18)19)16-9-8-14(3)15(4)10-16/h8-13,20H,1-7H3. The summed E-state index contributed by atoms with van der Waals surface area (Å²) in [5, 5.41) is 0. The molecule has 25 heavy (non-hydrogen) atoms. The average Bonchev–Trinajstić information content (AvgIpc) is 2.84. The van der Waals surface area contributed by atoms with Crippen molar-refractivity contribution >= 4 is 5.97 Å². The smallest absolute Gasteiger partial charge is 0.323 e. The van der Waals surface area contributed by atoms with Gasteiger partial charge < -0.3 is 4.74 Å². The summed E-state index contributed by atoms with van der Waals surface area (Å²) in [6.07, 6.45) is 0. The Balaban J connectivity index is 2.22. The number of carbonyl (C=O) groups is 1. The van der Waals surface area contributed by atoms with Crippen LogP contribution in [0.25, 0.3) is 0 Å². The largest absolute Gasteiger partial charge is 0.425 e. The van der Waals surface area contributed by atoms with Crippen molar-refractivity contribution in [2.75, 3.05) is 0 Å². The molecule has 0 fully saturated rings. The number of carbonyl (C=O) groups excluding carboxylic acids is 1. The molecule has 2 nitrogen and oxygen atoms in total. The molecule has 0 N–H and O–H groups in total. The maximum atomic E-state index is 12.7. The molecule has 1 atom stereocenters. The minimum Gasteiger partial charge on any atom is -0.425 e. The van der Waals surface area contributed by atoms with Gasteiger partial charge in [0.05, 0.1) is 0 Å². The van der Waals surface area contributed by atoms with Gasteiger partial charge in [-0.05, 0) is 53.0 Å². The van der Waals surface area contributed by atoms with Crippen molar-refractivity contribution in [2.45, 2.75) is 65.7 Å². The van der Waals surface area contributed by atoms with E-state index in [0.29, 0.717) is 5.92 Å². The molecule has 1 unspecified atom stereocenters. The number of hydrogen-bond acceptors (Lipinski definition) is 2. The van der Waals surface area contributed by atoms with E-state index in [0.717, 1.165) is 22.4 Å². The van der Waals surface area contributed by atoms with E-state index in [4.69, 9.17) is 4.74 Å². The van der Waals surface area contributed by atoms with Crippen LogP contribution in [0.15, 0.2) is 30.3 Å². The zero-order chi connectivity index (χ0) is 18.5. The highest BCUT2D eigenvalue weighted by Crippen LogP contribution is 2.46. The molecular formula is C23H28O2. The van der Waals surface area contributed by atoms with Crippen molar-refractivity contribution in [2.24, 2.45) is 0 Å². The van der Waals surface area contributed by atoms with Crippen molar-refractivity contribution < 1.29 is 9.53 Å². The Kier molecular flexibility index (Phi) is 4.26. The van der Waals surface area contributed by atoms with Crippen LogP contribution in [-0.2, 0) is 10.2 Å². The predicted octanol–water partition coefficient (Wildman–Crippen LogP) is 5.78. The third-order valence-electron chi connectivity index (χ3n) is 5.25. The number of benzene rings is 2. The van der Waals surface area contributed by atoms with Gasteiger partial charge in [-0.2, -0.15) is 0 Å². The molecule has 0 radical (unpaired) electrons. The Hall–Kier alpha value is -2.09. The van der Waals surface area contributed by atoms with Gasteiger partial charge in [-0.3, -0.25) is 4.79 Å². The molecule has 0 aliphatic carbocycles. The number of rotatable bonds is 2. The molecule has 2 aromatic carbocycles. The van der Waals surface area contributed by atoms with Crippen LogP contribution in [0, 0.1) is 13.8 Å². The van der Waals surface area contributed by atoms with Crippen LogP contribution in [-0.4, -0.2) is 5.97 Å². The van der Waals surface area contributed by atoms with Crippen molar-refractivity contribution in [1.82, 2.24) is 0 Å². The molecule has 132 valence electrons. The topological polar surface area (TPSA) is 26.3 Å². The lowest BCUT2D eigenvalue weighted by molar-refractivity contribution is -0.133. The minimum atomic E-state index is -0.325. The maximum Gasteiger partial charge on any atom is 0.323 e. The number of esters is 1. The van der Waals surface area contributed by atoms with Crippen LogP contribution >= 0.6 is 0 Å². The monoisotopic (exact) mass is 336 g/mol. The average molecular weight is 336 g/mol. The first kappa shape index (κ1) is 17.7. The normalized spacial score (nSPS) is 17.0. The molecule has 3 rings (SSSR count). The third kappa shape index (κ3) is 3.10. The van der Waals surface area contributed by atoms with Gasteiger partial charge in [0.25, 0.3) is 0 Å². The highest BCUT2D eigenvalue weighted by Gasteiger charge is 2.38. The number of ether oxygens (including phenoxy) is 1. The van der Waals surface area contributed by atoms with E-state index in [1.807, 2.05) is 0 Å². The summed E-state index contributed by atoms with van der Waals surface area (Å²) in [4.78, 5) is 12.7. The fourth-order valence-electron chi connectivity index (χ4n) is 3.41. The second-order valence-electron chi connectivity index (χ2n) is 8.59. The quantitative estimate of drug-likeness (QED) is 0.513. The van der Waals surface area contributed by atoms with Gasteiger partial charge in [-0.25, -0.2) is 0 Å². The zero-order valence-corrected chi connectivity index (χ0v) is 16.4. The van der Waals surface area contributed by atoms with Gasteiger partial charge in [-0.15, -0.1) is 0 Å². The van der Waals surface area contributed by atoms with Gasteiger partial charge in [-0.1, -0.05) is 65.0 Å². The van der Waals surface area contributed by atoms with E-state index in [1.165, 1.54) is 16.7 Å². The highest BCUT2D eigenvalue weighted by atomic mass is 16.5. The summed E-state index contributed by atoms with van der Waals surface area (Å²) in [5.74, 6) is 0.596. The first-order valence-corrected chi connectivity index (χ1v) is 9.06. The fraction of sp³-hybridized carbons (Fsp3) is 0.435. The highest BCUT2D eigenvalue weighted by molar-refractivity contribution is 5.90.